The first-order valence-electron chi connectivity index (χ1n) is 6.79. The van der Waals surface area contributed by atoms with Crippen molar-refractivity contribution in [3.05, 3.63) is 35.9 Å². The summed E-state index contributed by atoms with van der Waals surface area (Å²) in [6, 6.07) is 9.78. The van der Waals surface area contributed by atoms with E-state index in [1.165, 1.54) is 0 Å². The normalized spacial score (nSPS) is 18.2. The van der Waals surface area contributed by atoms with E-state index in [9.17, 15) is 9.59 Å². The van der Waals surface area contributed by atoms with Crippen molar-refractivity contribution in [3.8, 4) is 0 Å². The highest BCUT2D eigenvalue weighted by Crippen LogP contribution is 2.17. The molecule has 1 fully saturated rings. The molecular formula is C15H19NO4. The van der Waals surface area contributed by atoms with Crippen molar-refractivity contribution >= 4 is 11.9 Å². The molecular weight excluding hydrogens is 258 g/mol. The molecule has 1 aliphatic rings. The molecule has 1 aliphatic heterocycles. The van der Waals surface area contributed by atoms with E-state index < -0.39 is 11.9 Å². The number of carboxylic acid groups (broad SMARTS) is 1. The summed E-state index contributed by atoms with van der Waals surface area (Å²) in [6.07, 6.45) is 0.852. The zero-order valence-corrected chi connectivity index (χ0v) is 11.3. The van der Waals surface area contributed by atoms with Crippen LogP contribution < -0.4 is 0 Å². The van der Waals surface area contributed by atoms with Crippen LogP contribution in [0.3, 0.4) is 0 Å². The maximum Gasteiger partial charge on any atom is 0.308 e. The number of carbonyl (C=O) groups excluding carboxylic acids is 1. The van der Waals surface area contributed by atoms with Crippen LogP contribution in [0.15, 0.2) is 30.3 Å². The number of aliphatic carboxylic acids is 1. The number of nitrogens with zero attached hydrogens (tertiary/aromatic N) is 1. The Balaban J connectivity index is 1.65. The molecule has 0 aliphatic carbocycles. The van der Waals surface area contributed by atoms with Crippen molar-refractivity contribution in [2.75, 3.05) is 19.7 Å². The zero-order chi connectivity index (χ0) is 14.4. The van der Waals surface area contributed by atoms with E-state index in [1.54, 1.807) is 4.90 Å². The number of carboxylic acids is 1. The molecule has 0 aromatic heterocycles. The lowest BCUT2D eigenvalue weighted by molar-refractivity contribution is -0.141. The van der Waals surface area contributed by atoms with E-state index >= 15 is 0 Å². The molecule has 5 heteroatoms. The van der Waals surface area contributed by atoms with Crippen LogP contribution in [0.4, 0.5) is 0 Å². The summed E-state index contributed by atoms with van der Waals surface area (Å²) in [4.78, 5) is 24.3. The van der Waals surface area contributed by atoms with Crippen LogP contribution in [0.2, 0.25) is 0 Å². The van der Waals surface area contributed by atoms with Gasteiger partial charge in [0.15, 0.2) is 0 Å². The molecule has 0 saturated carbocycles. The SMILES string of the molecule is O=C(O)C1CCN(C(=O)CCOCc2ccccc2)C1. The fourth-order valence-corrected chi connectivity index (χ4v) is 2.27. The van der Waals surface area contributed by atoms with Crippen molar-refractivity contribution in [2.45, 2.75) is 19.4 Å². The van der Waals surface area contributed by atoms with Gasteiger partial charge in [0.2, 0.25) is 5.91 Å². The molecule has 1 aromatic rings. The number of hydrogen-bond acceptors (Lipinski definition) is 3. The molecule has 1 aromatic carbocycles. The second-order valence-electron chi connectivity index (χ2n) is 4.95. The highest BCUT2D eigenvalue weighted by Gasteiger charge is 2.30. The minimum Gasteiger partial charge on any atom is -0.481 e. The maximum atomic E-state index is 11.9. The predicted octanol–water partition coefficient (Wildman–Crippen LogP) is 1.53. The van der Waals surface area contributed by atoms with Gasteiger partial charge in [-0.3, -0.25) is 9.59 Å². The number of benzene rings is 1. The third-order valence-electron chi connectivity index (χ3n) is 3.46. The van der Waals surface area contributed by atoms with Gasteiger partial charge in [-0.05, 0) is 12.0 Å². The Labute approximate surface area is 118 Å². The topological polar surface area (TPSA) is 66.8 Å². The van der Waals surface area contributed by atoms with E-state index in [2.05, 4.69) is 0 Å². The van der Waals surface area contributed by atoms with Crippen LogP contribution in [0, 0.1) is 5.92 Å². The molecule has 1 saturated heterocycles. The smallest absolute Gasteiger partial charge is 0.308 e. The van der Waals surface area contributed by atoms with Crippen LogP contribution in [-0.4, -0.2) is 41.6 Å². The summed E-state index contributed by atoms with van der Waals surface area (Å²) in [6.45, 7) is 1.72. The number of carbonyl (C=O) groups is 2. The van der Waals surface area contributed by atoms with E-state index in [1.807, 2.05) is 30.3 Å². The number of hydrogen-bond donors (Lipinski definition) is 1. The lowest BCUT2D eigenvalue weighted by Gasteiger charge is -2.15. The Morgan fingerprint density at radius 3 is 2.70 bits per heavy atom. The van der Waals surface area contributed by atoms with E-state index in [4.69, 9.17) is 9.84 Å². The number of ether oxygens (including phenoxy) is 1. The summed E-state index contributed by atoms with van der Waals surface area (Å²) < 4.78 is 5.46. The quantitative estimate of drug-likeness (QED) is 0.801. The molecule has 1 N–H and O–H groups in total. The fourth-order valence-electron chi connectivity index (χ4n) is 2.27. The summed E-state index contributed by atoms with van der Waals surface area (Å²) in [7, 11) is 0. The van der Waals surface area contributed by atoms with Gasteiger partial charge < -0.3 is 14.7 Å². The lowest BCUT2D eigenvalue weighted by Crippen LogP contribution is -2.30. The fraction of sp³-hybridized carbons (Fsp3) is 0.467. The average molecular weight is 277 g/mol. The number of rotatable bonds is 6. The van der Waals surface area contributed by atoms with E-state index in [-0.39, 0.29) is 5.91 Å². The molecule has 1 atom stereocenters. The lowest BCUT2D eigenvalue weighted by atomic mass is 10.1. The minimum atomic E-state index is -0.819. The molecule has 0 radical (unpaired) electrons. The monoisotopic (exact) mass is 277 g/mol. The van der Waals surface area contributed by atoms with Gasteiger partial charge in [0.05, 0.1) is 25.6 Å². The van der Waals surface area contributed by atoms with Crippen LogP contribution >= 0.6 is 0 Å². The molecule has 5 nitrogen and oxygen atoms in total. The van der Waals surface area contributed by atoms with Crippen LogP contribution in [0.25, 0.3) is 0 Å². The van der Waals surface area contributed by atoms with Crippen molar-refractivity contribution in [3.63, 3.8) is 0 Å². The summed E-state index contributed by atoms with van der Waals surface area (Å²) in [5.74, 6) is -1.26. The van der Waals surface area contributed by atoms with Gasteiger partial charge in [-0.15, -0.1) is 0 Å². The molecule has 108 valence electrons. The molecule has 0 bridgehead atoms. The van der Waals surface area contributed by atoms with Crippen LogP contribution in [0.5, 0.6) is 0 Å². The van der Waals surface area contributed by atoms with Gasteiger partial charge in [0.1, 0.15) is 0 Å². The summed E-state index contributed by atoms with van der Waals surface area (Å²) in [5, 5.41) is 8.89. The Morgan fingerprint density at radius 1 is 1.30 bits per heavy atom. The second-order valence-corrected chi connectivity index (χ2v) is 4.95. The van der Waals surface area contributed by atoms with Gasteiger partial charge in [-0.1, -0.05) is 30.3 Å². The first-order chi connectivity index (χ1) is 9.66. The van der Waals surface area contributed by atoms with Gasteiger partial charge in [-0.25, -0.2) is 0 Å². The molecule has 1 unspecified atom stereocenters. The Hall–Kier alpha value is -1.88. The number of likely N-dealkylation sites (tertiary alicyclic amines) is 1. The molecule has 20 heavy (non-hydrogen) atoms. The van der Waals surface area contributed by atoms with Crippen LogP contribution in [0.1, 0.15) is 18.4 Å². The van der Waals surface area contributed by atoms with Crippen LogP contribution in [-0.2, 0) is 20.9 Å². The molecule has 0 spiro atoms. The summed E-state index contributed by atoms with van der Waals surface area (Å²) >= 11 is 0. The predicted molar refractivity (Wildman–Crippen MR) is 73.0 cm³/mol. The highest BCUT2D eigenvalue weighted by molar-refractivity contribution is 5.78. The first kappa shape index (κ1) is 14.5. The zero-order valence-electron chi connectivity index (χ0n) is 11.3. The third kappa shape index (κ3) is 4.06. The largest absolute Gasteiger partial charge is 0.481 e. The minimum absolute atomic E-state index is 0.0261. The standard InChI is InChI=1S/C15H19NO4/c17-14(16-8-6-13(10-16)15(18)19)7-9-20-11-12-4-2-1-3-5-12/h1-5,13H,6-11H2,(H,18,19). The van der Waals surface area contributed by atoms with E-state index in [0.29, 0.717) is 39.1 Å². The second kappa shape index (κ2) is 7.05. The summed E-state index contributed by atoms with van der Waals surface area (Å²) in [5.41, 5.74) is 1.08. The maximum absolute atomic E-state index is 11.9. The molecule has 2 rings (SSSR count). The van der Waals surface area contributed by atoms with Crippen molar-refractivity contribution in [1.29, 1.82) is 0 Å². The van der Waals surface area contributed by atoms with Crippen molar-refractivity contribution in [2.24, 2.45) is 5.92 Å². The highest BCUT2D eigenvalue weighted by atomic mass is 16.5. The van der Waals surface area contributed by atoms with Gasteiger partial charge in [0.25, 0.3) is 0 Å². The first-order valence-corrected chi connectivity index (χ1v) is 6.79. The average Bonchev–Trinajstić information content (AvgIpc) is 2.94. The van der Waals surface area contributed by atoms with E-state index in [0.717, 1.165) is 5.56 Å². The Morgan fingerprint density at radius 2 is 2.05 bits per heavy atom. The third-order valence-corrected chi connectivity index (χ3v) is 3.46. The van der Waals surface area contributed by atoms with Crippen molar-refractivity contribution in [1.82, 2.24) is 4.90 Å². The van der Waals surface area contributed by atoms with Gasteiger partial charge >= 0.3 is 5.97 Å². The molecule has 1 heterocycles. The Bertz CT molecular complexity index is 460. The van der Waals surface area contributed by atoms with Gasteiger partial charge in [-0.2, -0.15) is 0 Å². The molecule has 1 amide bonds. The van der Waals surface area contributed by atoms with Crippen molar-refractivity contribution < 1.29 is 19.4 Å². The Kier molecular flexibility index (Phi) is 5.12. The number of amides is 1. The van der Waals surface area contributed by atoms with Gasteiger partial charge in [0, 0.05) is 13.1 Å².